The summed E-state index contributed by atoms with van der Waals surface area (Å²) in [5, 5.41) is 3.16. The summed E-state index contributed by atoms with van der Waals surface area (Å²) in [5.41, 5.74) is 1.81. The molecule has 88 valence electrons. The maximum absolute atomic E-state index is 5.40. The van der Waals surface area contributed by atoms with Crippen molar-refractivity contribution in [3.63, 3.8) is 0 Å². The molecule has 7 heteroatoms. The van der Waals surface area contributed by atoms with Crippen LogP contribution in [0.2, 0.25) is 0 Å². The summed E-state index contributed by atoms with van der Waals surface area (Å²) in [5.74, 6) is 0.613. The summed E-state index contributed by atoms with van der Waals surface area (Å²) in [6, 6.07) is 0. The Morgan fingerprint density at radius 3 is 3.06 bits per heavy atom. The number of halogens is 1. The first-order valence-corrected chi connectivity index (χ1v) is 5.48. The second-order valence-electron chi connectivity index (χ2n) is 3.20. The Morgan fingerprint density at radius 2 is 2.38 bits per heavy atom. The van der Waals surface area contributed by atoms with Crippen molar-refractivity contribution >= 4 is 23.5 Å². The van der Waals surface area contributed by atoms with Crippen LogP contribution >= 0.6 is 11.7 Å². The maximum atomic E-state index is 5.40. The molecule has 1 aliphatic heterocycles. The second kappa shape index (κ2) is 6.14. The van der Waals surface area contributed by atoms with Crippen LogP contribution in [0.3, 0.4) is 0 Å². The van der Waals surface area contributed by atoms with Crippen molar-refractivity contribution in [2.45, 2.75) is 6.92 Å². The van der Waals surface area contributed by atoms with Crippen LogP contribution in [0.1, 0.15) is 12.6 Å². The highest BCUT2D eigenvalue weighted by molar-refractivity contribution is 6.99. The van der Waals surface area contributed by atoms with Crippen LogP contribution in [0.25, 0.3) is 5.57 Å². The molecule has 16 heavy (non-hydrogen) atoms. The topological polar surface area (TPSA) is 50.1 Å². The maximum Gasteiger partial charge on any atom is 0.254 e. The highest BCUT2D eigenvalue weighted by atomic mass is 127. The predicted octanol–water partition coefficient (Wildman–Crippen LogP) is -2.44. The van der Waals surface area contributed by atoms with Crippen molar-refractivity contribution in [1.29, 1.82) is 0 Å². The number of ether oxygens (including phenoxy) is 1. The summed E-state index contributed by atoms with van der Waals surface area (Å²) in [6.07, 6.45) is 3.95. The third-order valence-electron chi connectivity index (χ3n) is 1.97. The molecular formula is C9H13IN4OS. The van der Waals surface area contributed by atoms with Gasteiger partial charge in [0.05, 0.1) is 23.9 Å². The molecule has 1 aliphatic rings. The lowest BCUT2D eigenvalue weighted by molar-refractivity contribution is -0.496. The van der Waals surface area contributed by atoms with Gasteiger partial charge in [0.25, 0.3) is 5.88 Å². The molecule has 0 saturated heterocycles. The Bertz CT molecular complexity index is 415. The van der Waals surface area contributed by atoms with Gasteiger partial charge in [-0.25, -0.2) is 4.58 Å². The number of rotatable bonds is 3. The molecule has 0 amide bonds. The third-order valence-corrected chi connectivity index (χ3v) is 2.48. The van der Waals surface area contributed by atoms with Crippen LogP contribution in [0.5, 0.6) is 5.88 Å². The van der Waals surface area contributed by atoms with Crippen molar-refractivity contribution < 1.29 is 33.3 Å². The van der Waals surface area contributed by atoms with E-state index >= 15 is 0 Å². The highest BCUT2D eigenvalue weighted by Crippen LogP contribution is 2.22. The minimum Gasteiger partial charge on any atom is -1.00 e. The van der Waals surface area contributed by atoms with Crippen LogP contribution in [0, 0.1) is 0 Å². The number of allylic oxidation sites excluding steroid dienone is 1. The van der Waals surface area contributed by atoms with Gasteiger partial charge in [0, 0.05) is 6.20 Å². The van der Waals surface area contributed by atoms with Crippen LogP contribution in [-0.2, 0) is 0 Å². The van der Waals surface area contributed by atoms with E-state index < -0.39 is 0 Å². The Balaban J connectivity index is 0.00000128. The quantitative estimate of drug-likeness (QED) is 0.485. The highest BCUT2D eigenvalue weighted by Gasteiger charge is 2.17. The minimum atomic E-state index is 0. The minimum absolute atomic E-state index is 0. The van der Waals surface area contributed by atoms with E-state index in [1.807, 2.05) is 31.0 Å². The predicted molar refractivity (Wildman–Crippen MR) is 59.3 cm³/mol. The largest absolute Gasteiger partial charge is 1.00 e. The van der Waals surface area contributed by atoms with Gasteiger partial charge in [-0.3, -0.25) is 0 Å². The molecule has 1 N–H and O–H groups in total. The summed E-state index contributed by atoms with van der Waals surface area (Å²) < 4.78 is 15.8. The van der Waals surface area contributed by atoms with Crippen LogP contribution in [0.4, 0.5) is 0 Å². The summed E-state index contributed by atoms with van der Waals surface area (Å²) in [6.45, 7) is 3.35. The van der Waals surface area contributed by atoms with E-state index in [0.29, 0.717) is 12.5 Å². The van der Waals surface area contributed by atoms with Gasteiger partial charge in [-0.15, -0.1) is 4.37 Å². The molecule has 0 fully saturated rings. The zero-order valence-electron chi connectivity index (χ0n) is 9.11. The monoisotopic (exact) mass is 352 g/mol. The van der Waals surface area contributed by atoms with Gasteiger partial charge in [0.15, 0.2) is 11.9 Å². The van der Waals surface area contributed by atoms with E-state index in [-0.39, 0.29) is 24.0 Å². The van der Waals surface area contributed by atoms with Crippen molar-refractivity contribution in [2.75, 3.05) is 20.3 Å². The third kappa shape index (κ3) is 2.91. The molecule has 0 bridgehead atoms. The normalized spacial score (nSPS) is 14.4. The van der Waals surface area contributed by atoms with Crippen LogP contribution in [0.15, 0.2) is 6.20 Å². The second-order valence-corrected chi connectivity index (χ2v) is 3.73. The van der Waals surface area contributed by atoms with Gasteiger partial charge in [-0.05, 0) is 6.92 Å². The standard InChI is InChI=1S/C9H12N4OS.HI/c1-3-14-9-8(11-15-12-9)7-4-10-6-13(2)5-7;/h4-5H,3,6H2,1-2H3;1H. The molecule has 0 unspecified atom stereocenters. The Kier molecular flexibility index (Phi) is 5.13. The molecule has 5 nitrogen and oxygen atoms in total. The molecule has 1 aromatic heterocycles. The van der Waals surface area contributed by atoms with Crippen LogP contribution in [-0.4, -0.2) is 39.9 Å². The van der Waals surface area contributed by atoms with Gasteiger partial charge >= 0.3 is 0 Å². The fraction of sp³-hybridized carbons (Fsp3) is 0.444. The zero-order valence-corrected chi connectivity index (χ0v) is 12.1. The van der Waals surface area contributed by atoms with Gasteiger partial charge in [-0.2, -0.15) is 4.37 Å². The first-order valence-electron chi connectivity index (χ1n) is 4.75. The summed E-state index contributed by atoms with van der Waals surface area (Å²) in [7, 11) is 2.00. The number of hydrogen-bond acceptors (Lipinski definition) is 5. The van der Waals surface area contributed by atoms with Crippen LogP contribution < -0.4 is 34.0 Å². The molecule has 2 rings (SSSR count). The molecule has 2 heterocycles. The van der Waals surface area contributed by atoms with Gasteiger partial charge in [-0.1, -0.05) is 0 Å². The molecule has 1 aromatic rings. The molecule has 0 spiro atoms. The SMILES string of the molecule is CCOc1nsnc1C1=CNC[N+](C)=C1.[I-]. The average molecular weight is 352 g/mol. The van der Waals surface area contributed by atoms with E-state index in [1.165, 1.54) is 11.7 Å². The number of hydrogen-bond donors (Lipinski definition) is 1. The van der Waals surface area contributed by atoms with Crippen molar-refractivity contribution in [2.24, 2.45) is 0 Å². The number of nitrogens with one attached hydrogen (secondary N) is 1. The fourth-order valence-corrected chi connectivity index (χ4v) is 1.86. The molecule has 0 saturated carbocycles. The van der Waals surface area contributed by atoms with Gasteiger partial charge in [0.2, 0.25) is 6.67 Å². The Labute approximate surface area is 116 Å². The lowest BCUT2D eigenvalue weighted by Crippen LogP contribution is -3.00. The number of aromatic nitrogens is 2. The Hall–Kier alpha value is -0.700. The fourth-order valence-electron chi connectivity index (χ4n) is 1.34. The van der Waals surface area contributed by atoms with E-state index in [0.717, 1.165) is 17.9 Å². The lowest BCUT2D eigenvalue weighted by Gasteiger charge is -2.07. The first kappa shape index (κ1) is 13.4. The van der Waals surface area contributed by atoms with E-state index in [9.17, 15) is 0 Å². The molecule has 0 radical (unpaired) electrons. The summed E-state index contributed by atoms with van der Waals surface area (Å²) in [4.78, 5) is 0. The van der Waals surface area contributed by atoms with E-state index in [2.05, 4.69) is 14.1 Å². The lowest BCUT2D eigenvalue weighted by atomic mass is 10.2. The first-order chi connectivity index (χ1) is 7.31. The smallest absolute Gasteiger partial charge is 0.254 e. The molecule has 0 aliphatic carbocycles. The van der Waals surface area contributed by atoms with Crippen molar-refractivity contribution in [3.05, 3.63) is 11.9 Å². The molecular weight excluding hydrogens is 339 g/mol. The van der Waals surface area contributed by atoms with Crippen molar-refractivity contribution in [1.82, 2.24) is 14.1 Å². The molecule has 0 atom stereocenters. The zero-order chi connectivity index (χ0) is 10.7. The van der Waals surface area contributed by atoms with E-state index in [4.69, 9.17) is 4.74 Å². The van der Waals surface area contributed by atoms with Gasteiger partial charge in [0.1, 0.15) is 7.05 Å². The Morgan fingerprint density at radius 1 is 1.56 bits per heavy atom. The van der Waals surface area contributed by atoms with E-state index in [1.54, 1.807) is 0 Å². The van der Waals surface area contributed by atoms with Crippen molar-refractivity contribution in [3.8, 4) is 5.88 Å². The summed E-state index contributed by atoms with van der Waals surface area (Å²) >= 11 is 1.17. The average Bonchev–Trinajstić information content (AvgIpc) is 2.66. The molecule has 0 aromatic carbocycles. The number of nitrogens with zero attached hydrogens (tertiary/aromatic N) is 3. The van der Waals surface area contributed by atoms with Gasteiger partial charge < -0.3 is 34.0 Å².